The molecule has 0 aliphatic heterocycles. The molecule has 3 aromatic rings. The highest BCUT2D eigenvalue weighted by atomic mass is 35.5. The van der Waals surface area contributed by atoms with Crippen LogP contribution < -0.4 is 10.1 Å². The Kier molecular flexibility index (Phi) is 4.69. The van der Waals surface area contributed by atoms with Crippen molar-refractivity contribution in [3.8, 4) is 23.1 Å². The van der Waals surface area contributed by atoms with Crippen molar-refractivity contribution in [1.82, 2.24) is 5.16 Å². The summed E-state index contributed by atoms with van der Waals surface area (Å²) in [6.07, 6.45) is 0. The highest BCUT2D eigenvalue weighted by Gasteiger charge is 2.08. The van der Waals surface area contributed by atoms with Crippen molar-refractivity contribution >= 4 is 17.3 Å². The van der Waals surface area contributed by atoms with E-state index in [2.05, 4.69) is 10.5 Å². The second-order valence-corrected chi connectivity index (χ2v) is 5.47. The standard InChI is InChI=1S/C18H14ClN3O2/c1-23-14-5-3-13(4-6-14)18-9-15(24-22-18)11-21-17-7-2-12(10-20)8-16(17)19/h2-9,21H,11H2,1H3. The lowest BCUT2D eigenvalue weighted by molar-refractivity contribution is 0.390. The Labute approximate surface area is 144 Å². The van der Waals surface area contributed by atoms with Gasteiger partial charge in [0, 0.05) is 11.6 Å². The number of benzene rings is 2. The van der Waals surface area contributed by atoms with Gasteiger partial charge in [-0.1, -0.05) is 16.8 Å². The topological polar surface area (TPSA) is 71.1 Å². The van der Waals surface area contributed by atoms with Crippen LogP contribution in [0.15, 0.2) is 53.1 Å². The highest BCUT2D eigenvalue weighted by molar-refractivity contribution is 6.33. The van der Waals surface area contributed by atoms with Crippen molar-refractivity contribution in [2.75, 3.05) is 12.4 Å². The third-order valence-corrected chi connectivity index (χ3v) is 3.81. The molecule has 120 valence electrons. The Morgan fingerprint density at radius 1 is 1.21 bits per heavy atom. The molecule has 0 unspecified atom stereocenters. The molecule has 1 heterocycles. The molecule has 6 heteroatoms. The monoisotopic (exact) mass is 339 g/mol. The Bertz CT molecular complexity index is 882. The molecule has 0 radical (unpaired) electrons. The van der Waals surface area contributed by atoms with Crippen molar-refractivity contribution in [2.24, 2.45) is 0 Å². The molecule has 1 N–H and O–H groups in total. The van der Waals surface area contributed by atoms with E-state index in [0.717, 1.165) is 22.7 Å². The van der Waals surface area contributed by atoms with Crippen LogP contribution in [0.1, 0.15) is 11.3 Å². The summed E-state index contributed by atoms with van der Waals surface area (Å²) >= 11 is 6.13. The van der Waals surface area contributed by atoms with Crippen LogP contribution in [0.25, 0.3) is 11.3 Å². The number of hydrogen-bond acceptors (Lipinski definition) is 5. The highest BCUT2D eigenvalue weighted by Crippen LogP contribution is 2.25. The lowest BCUT2D eigenvalue weighted by Crippen LogP contribution is -1.98. The van der Waals surface area contributed by atoms with Gasteiger partial charge in [-0.15, -0.1) is 0 Å². The number of rotatable bonds is 5. The maximum absolute atomic E-state index is 8.84. The van der Waals surface area contributed by atoms with Gasteiger partial charge >= 0.3 is 0 Å². The van der Waals surface area contributed by atoms with E-state index < -0.39 is 0 Å². The smallest absolute Gasteiger partial charge is 0.156 e. The number of anilines is 1. The first kappa shape index (κ1) is 15.9. The molecule has 1 aromatic heterocycles. The van der Waals surface area contributed by atoms with Crippen LogP contribution in [0, 0.1) is 11.3 Å². The van der Waals surface area contributed by atoms with E-state index in [1.54, 1.807) is 25.3 Å². The van der Waals surface area contributed by atoms with Crippen LogP contribution in [-0.4, -0.2) is 12.3 Å². The maximum Gasteiger partial charge on any atom is 0.156 e. The fourth-order valence-corrected chi connectivity index (χ4v) is 2.45. The molecule has 0 bridgehead atoms. The van der Waals surface area contributed by atoms with E-state index >= 15 is 0 Å². The normalized spacial score (nSPS) is 10.2. The molecule has 3 rings (SSSR count). The Balaban J connectivity index is 1.69. The van der Waals surface area contributed by atoms with Gasteiger partial charge in [-0.05, 0) is 42.5 Å². The minimum atomic E-state index is 0.439. The van der Waals surface area contributed by atoms with Crippen molar-refractivity contribution in [2.45, 2.75) is 6.54 Å². The number of hydrogen-bond donors (Lipinski definition) is 1. The Morgan fingerprint density at radius 3 is 2.67 bits per heavy atom. The summed E-state index contributed by atoms with van der Waals surface area (Å²) < 4.78 is 10.5. The van der Waals surface area contributed by atoms with Gasteiger partial charge in [-0.2, -0.15) is 5.26 Å². The average Bonchev–Trinajstić information content (AvgIpc) is 3.09. The van der Waals surface area contributed by atoms with Crippen LogP contribution >= 0.6 is 11.6 Å². The van der Waals surface area contributed by atoms with Crippen LogP contribution in [0.5, 0.6) is 5.75 Å². The molecule has 0 atom stereocenters. The number of nitrogens with one attached hydrogen (secondary N) is 1. The maximum atomic E-state index is 8.84. The van der Waals surface area contributed by atoms with Crippen LogP contribution in [0.3, 0.4) is 0 Å². The first-order valence-electron chi connectivity index (χ1n) is 7.23. The summed E-state index contributed by atoms with van der Waals surface area (Å²) in [6.45, 7) is 0.439. The summed E-state index contributed by atoms with van der Waals surface area (Å²) in [6, 6.07) is 16.6. The fourth-order valence-electron chi connectivity index (χ4n) is 2.20. The molecular weight excluding hydrogens is 326 g/mol. The van der Waals surface area contributed by atoms with Gasteiger partial charge in [-0.25, -0.2) is 0 Å². The molecule has 0 amide bonds. The van der Waals surface area contributed by atoms with Gasteiger partial charge in [0.25, 0.3) is 0 Å². The third kappa shape index (κ3) is 3.50. The molecule has 0 saturated heterocycles. The van der Waals surface area contributed by atoms with E-state index in [1.165, 1.54) is 0 Å². The molecule has 2 aromatic carbocycles. The molecule has 24 heavy (non-hydrogen) atoms. The van der Waals surface area contributed by atoms with Gasteiger partial charge in [0.15, 0.2) is 5.76 Å². The number of nitrogens with zero attached hydrogens (tertiary/aromatic N) is 2. The van der Waals surface area contributed by atoms with Crippen LogP contribution in [-0.2, 0) is 6.54 Å². The van der Waals surface area contributed by atoms with Crippen molar-refractivity contribution < 1.29 is 9.26 Å². The second kappa shape index (κ2) is 7.07. The lowest BCUT2D eigenvalue weighted by Gasteiger charge is -2.06. The SMILES string of the molecule is COc1ccc(-c2cc(CNc3ccc(C#N)cc3Cl)on2)cc1. The Hall–Kier alpha value is -2.97. The Morgan fingerprint density at radius 2 is 2.00 bits per heavy atom. The number of halogens is 1. The van der Waals surface area contributed by atoms with Crippen LogP contribution in [0.2, 0.25) is 5.02 Å². The predicted molar refractivity (Wildman–Crippen MR) is 92.0 cm³/mol. The van der Waals surface area contributed by atoms with Crippen LogP contribution in [0.4, 0.5) is 5.69 Å². The molecule has 0 aliphatic carbocycles. The summed E-state index contributed by atoms with van der Waals surface area (Å²) in [5, 5.41) is 16.6. The zero-order valence-electron chi connectivity index (χ0n) is 12.9. The van der Waals surface area contributed by atoms with Crippen molar-refractivity contribution in [1.29, 1.82) is 5.26 Å². The number of aromatic nitrogens is 1. The average molecular weight is 340 g/mol. The van der Waals surface area contributed by atoms with Crippen molar-refractivity contribution in [3.05, 3.63) is 64.9 Å². The van der Waals surface area contributed by atoms with Gasteiger partial charge in [0.05, 0.1) is 36.0 Å². The van der Waals surface area contributed by atoms with E-state index in [9.17, 15) is 0 Å². The van der Waals surface area contributed by atoms with Gasteiger partial charge in [0.1, 0.15) is 11.4 Å². The van der Waals surface area contributed by atoms with E-state index in [0.29, 0.717) is 22.9 Å². The van der Waals surface area contributed by atoms with Gasteiger partial charge < -0.3 is 14.6 Å². The number of nitriles is 1. The minimum Gasteiger partial charge on any atom is -0.497 e. The summed E-state index contributed by atoms with van der Waals surface area (Å²) in [5.74, 6) is 1.47. The predicted octanol–water partition coefficient (Wildman–Crippen LogP) is 4.49. The van der Waals surface area contributed by atoms with E-state index in [1.807, 2.05) is 36.4 Å². The first-order chi connectivity index (χ1) is 11.7. The molecular formula is C18H14ClN3O2. The van der Waals surface area contributed by atoms with Gasteiger partial charge in [0.2, 0.25) is 0 Å². The zero-order chi connectivity index (χ0) is 16.9. The third-order valence-electron chi connectivity index (χ3n) is 3.50. The summed E-state index contributed by atoms with van der Waals surface area (Å²) in [4.78, 5) is 0. The number of methoxy groups -OCH3 is 1. The second-order valence-electron chi connectivity index (χ2n) is 5.07. The summed E-state index contributed by atoms with van der Waals surface area (Å²) in [7, 11) is 1.63. The molecule has 0 spiro atoms. The molecule has 0 saturated carbocycles. The van der Waals surface area contributed by atoms with Crippen molar-refractivity contribution in [3.63, 3.8) is 0 Å². The molecule has 5 nitrogen and oxygen atoms in total. The lowest BCUT2D eigenvalue weighted by atomic mass is 10.1. The van der Waals surface area contributed by atoms with E-state index in [4.69, 9.17) is 26.1 Å². The largest absolute Gasteiger partial charge is 0.497 e. The minimum absolute atomic E-state index is 0.439. The first-order valence-corrected chi connectivity index (χ1v) is 7.61. The molecule has 0 fully saturated rings. The quantitative estimate of drug-likeness (QED) is 0.741. The van der Waals surface area contributed by atoms with Gasteiger partial charge in [-0.3, -0.25) is 0 Å². The zero-order valence-corrected chi connectivity index (χ0v) is 13.7. The molecule has 0 aliphatic rings. The fraction of sp³-hybridized carbons (Fsp3) is 0.111. The van der Waals surface area contributed by atoms with E-state index in [-0.39, 0.29) is 0 Å². The summed E-state index contributed by atoms with van der Waals surface area (Å²) in [5.41, 5.74) is 2.95. The number of ether oxygens (including phenoxy) is 1.